The van der Waals surface area contributed by atoms with Crippen LogP contribution in [0.15, 0.2) is 65.3 Å². The van der Waals surface area contributed by atoms with Crippen LogP contribution in [0.25, 0.3) is 11.3 Å². The summed E-state index contributed by atoms with van der Waals surface area (Å²) in [6, 6.07) is 17.1. The van der Waals surface area contributed by atoms with Crippen LogP contribution in [0.3, 0.4) is 0 Å². The van der Waals surface area contributed by atoms with Crippen molar-refractivity contribution in [1.29, 1.82) is 0 Å². The number of carbonyl (C=O) groups is 1. The first-order valence-electron chi connectivity index (χ1n) is 10.3. The second-order valence-electron chi connectivity index (χ2n) is 7.30. The van der Waals surface area contributed by atoms with Crippen LogP contribution in [0.4, 0.5) is 5.69 Å². The molecule has 156 valence electrons. The maximum atomic E-state index is 12.8. The monoisotopic (exact) mass is 424 g/mol. The molecule has 1 aliphatic rings. The van der Waals surface area contributed by atoms with Gasteiger partial charge in [-0.15, -0.1) is 0 Å². The van der Waals surface area contributed by atoms with Gasteiger partial charge < -0.3 is 19.0 Å². The number of anilines is 1. The number of hydrogen-bond donors (Lipinski definition) is 0. The molecule has 4 rings (SSSR count). The summed E-state index contributed by atoms with van der Waals surface area (Å²) in [5.41, 5.74) is 2.62. The number of piperazine rings is 1. The molecule has 1 amide bonds. The number of nitrogens with zero attached hydrogens (tertiary/aromatic N) is 2. The molecule has 0 spiro atoms. The molecule has 2 aromatic carbocycles. The second kappa shape index (κ2) is 9.26. The minimum atomic E-state index is 0.0518. The minimum absolute atomic E-state index is 0.0518. The number of halogens is 1. The van der Waals surface area contributed by atoms with E-state index >= 15 is 0 Å². The lowest BCUT2D eigenvalue weighted by atomic mass is 10.1. The summed E-state index contributed by atoms with van der Waals surface area (Å²) in [4.78, 5) is 17.0. The fourth-order valence-electron chi connectivity index (χ4n) is 3.61. The molecule has 1 fully saturated rings. The first kappa shape index (κ1) is 20.4. The van der Waals surface area contributed by atoms with E-state index in [0.29, 0.717) is 30.3 Å². The van der Waals surface area contributed by atoms with Gasteiger partial charge in [-0.2, -0.15) is 0 Å². The zero-order valence-corrected chi connectivity index (χ0v) is 17.8. The van der Waals surface area contributed by atoms with E-state index in [4.69, 9.17) is 20.8 Å². The van der Waals surface area contributed by atoms with Crippen LogP contribution < -0.4 is 9.64 Å². The van der Waals surface area contributed by atoms with Gasteiger partial charge in [-0.1, -0.05) is 18.5 Å². The van der Waals surface area contributed by atoms with Crippen molar-refractivity contribution in [2.24, 2.45) is 0 Å². The van der Waals surface area contributed by atoms with Crippen LogP contribution in [0, 0.1) is 0 Å². The van der Waals surface area contributed by atoms with Gasteiger partial charge in [-0.3, -0.25) is 4.79 Å². The highest BCUT2D eigenvalue weighted by Gasteiger charge is 2.23. The molecule has 0 bridgehead atoms. The fraction of sp³-hybridized carbons (Fsp3) is 0.292. The first-order valence-corrected chi connectivity index (χ1v) is 10.6. The van der Waals surface area contributed by atoms with Gasteiger partial charge in [0, 0.05) is 37.3 Å². The van der Waals surface area contributed by atoms with Crippen molar-refractivity contribution in [3.63, 3.8) is 0 Å². The highest BCUT2D eigenvalue weighted by molar-refractivity contribution is 6.33. The van der Waals surface area contributed by atoms with E-state index in [1.54, 1.807) is 6.26 Å². The van der Waals surface area contributed by atoms with Crippen LogP contribution in [-0.4, -0.2) is 43.6 Å². The number of hydrogen-bond acceptors (Lipinski definition) is 4. The standard InChI is InChI=1S/C24H25ClN2O3/c1-2-15-29-20-8-5-18(6-9-20)24(28)27-13-11-26(12-14-27)22-10-7-19(17-21(22)25)23-4-3-16-30-23/h3-10,16-17H,2,11-15H2,1H3. The van der Waals surface area contributed by atoms with Gasteiger partial charge in [-0.05, 0) is 61.0 Å². The maximum Gasteiger partial charge on any atom is 0.253 e. The molecule has 0 saturated carbocycles. The lowest BCUT2D eigenvalue weighted by Crippen LogP contribution is -2.48. The number of benzene rings is 2. The number of furan rings is 1. The number of ether oxygens (including phenoxy) is 1. The normalized spacial score (nSPS) is 14.1. The van der Waals surface area contributed by atoms with Gasteiger partial charge in [-0.25, -0.2) is 0 Å². The summed E-state index contributed by atoms with van der Waals surface area (Å²) in [6.07, 6.45) is 2.61. The summed E-state index contributed by atoms with van der Waals surface area (Å²) in [7, 11) is 0. The molecule has 30 heavy (non-hydrogen) atoms. The highest BCUT2D eigenvalue weighted by atomic mass is 35.5. The molecule has 1 aliphatic heterocycles. The smallest absolute Gasteiger partial charge is 0.253 e. The van der Waals surface area contributed by atoms with Crippen LogP contribution >= 0.6 is 11.6 Å². The van der Waals surface area contributed by atoms with Crippen LogP contribution in [0.2, 0.25) is 5.02 Å². The van der Waals surface area contributed by atoms with E-state index in [2.05, 4.69) is 11.8 Å². The topological polar surface area (TPSA) is 45.9 Å². The average Bonchev–Trinajstić information content (AvgIpc) is 3.33. The second-order valence-corrected chi connectivity index (χ2v) is 7.70. The van der Waals surface area contributed by atoms with Crippen molar-refractivity contribution in [1.82, 2.24) is 4.90 Å². The Labute approximate surface area is 181 Å². The van der Waals surface area contributed by atoms with Crippen molar-refractivity contribution >= 4 is 23.2 Å². The lowest BCUT2D eigenvalue weighted by Gasteiger charge is -2.36. The average molecular weight is 425 g/mol. The largest absolute Gasteiger partial charge is 0.494 e. The molecular weight excluding hydrogens is 400 g/mol. The van der Waals surface area contributed by atoms with Gasteiger partial charge in [0.15, 0.2) is 0 Å². The molecule has 2 heterocycles. The van der Waals surface area contributed by atoms with Gasteiger partial charge in [0.25, 0.3) is 5.91 Å². The Bertz CT molecular complexity index is 978. The SMILES string of the molecule is CCCOc1ccc(C(=O)N2CCN(c3ccc(-c4ccco4)cc3Cl)CC2)cc1. The lowest BCUT2D eigenvalue weighted by molar-refractivity contribution is 0.0747. The summed E-state index contributed by atoms with van der Waals surface area (Å²) in [5.74, 6) is 1.65. The summed E-state index contributed by atoms with van der Waals surface area (Å²) in [6.45, 7) is 5.54. The van der Waals surface area contributed by atoms with Crippen molar-refractivity contribution in [3.05, 3.63) is 71.4 Å². The third-order valence-electron chi connectivity index (χ3n) is 5.24. The third-order valence-corrected chi connectivity index (χ3v) is 5.54. The Kier molecular flexibility index (Phi) is 6.29. The van der Waals surface area contributed by atoms with Crippen molar-refractivity contribution in [2.45, 2.75) is 13.3 Å². The summed E-state index contributed by atoms with van der Waals surface area (Å²) in [5, 5.41) is 0.686. The Balaban J connectivity index is 1.37. The summed E-state index contributed by atoms with van der Waals surface area (Å²) >= 11 is 6.55. The fourth-order valence-corrected chi connectivity index (χ4v) is 3.91. The molecular formula is C24H25ClN2O3. The minimum Gasteiger partial charge on any atom is -0.494 e. The number of amides is 1. The highest BCUT2D eigenvalue weighted by Crippen LogP contribution is 2.32. The quantitative estimate of drug-likeness (QED) is 0.535. The predicted octanol–water partition coefficient (Wildman–Crippen LogP) is 5.35. The van der Waals surface area contributed by atoms with E-state index < -0.39 is 0 Å². The zero-order valence-electron chi connectivity index (χ0n) is 17.0. The molecule has 5 nitrogen and oxygen atoms in total. The molecule has 3 aromatic rings. The first-order chi connectivity index (χ1) is 14.7. The van der Waals surface area contributed by atoms with Crippen molar-refractivity contribution < 1.29 is 13.9 Å². The van der Waals surface area contributed by atoms with E-state index in [1.165, 1.54) is 0 Å². The van der Waals surface area contributed by atoms with Crippen LogP contribution in [0.1, 0.15) is 23.7 Å². The Hall–Kier alpha value is -2.92. The predicted molar refractivity (Wildman–Crippen MR) is 119 cm³/mol. The summed E-state index contributed by atoms with van der Waals surface area (Å²) < 4.78 is 11.0. The zero-order chi connectivity index (χ0) is 20.9. The van der Waals surface area contributed by atoms with E-state index in [-0.39, 0.29) is 5.91 Å². The van der Waals surface area contributed by atoms with Gasteiger partial charge in [0.1, 0.15) is 11.5 Å². The molecule has 0 atom stereocenters. The molecule has 0 N–H and O–H groups in total. The number of rotatable bonds is 6. The molecule has 0 unspecified atom stereocenters. The van der Waals surface area contributed by atoms with E-state index in [1.807, 2.05) is 59.5 Å². The van der Waals surface area contributed by atoms with Crippen LogP contribution in [0.5, 0.6) is 5.75 Å². The van der Waals surface area contributed by atoms with E-state index in [9.17, 15) is 4.79 Å². The Morgan fingerprint density at radius 3 is 2.47 bits per heavy atom. The van der Waals surface area contributed by atoms with E-state index in [0.717, 1.165) is 42.3 Å². The molecule has 0 radical (unpaired) electrons. The van der Waals surface area contributed by atoms with Gasteiger partial charge in [0.05, 0.1) is 23.6 Å². The molecule has 0 aliphatic carbocycles. The molecule has 6 heteroatoms. The Morgan fingerprint density at radius 2 is 1.83 bits per heavy atom. The molecule has 1 aromatic heterocycles. The van der Waals surface area contributed by atoms with Crippen molar-refractivity contribution in [3.8, 4) is 17.1 Å². The van der Waals surface area contributed by atoms with Gasteiger partial charge in [0.2, 0.25) is 0 Å². The third kappa shape index (κ3) is 4.46. The van der Waals surface area contributed by atoms with Crippen LogP contribution in [-0.2, 0) is 0 Å². The maximum absolute atomic E-state index is 12.8. The molecule has 1 saturated heterocycles. The number of carbonyl (C=O) groups excluding carboxylic acids is 1. The van der Waals surface area contributed by atoms with Crippen molar-refractivity contribution in [2.75, 3.05) is 37.7 Å². The van der Waals surface area contributed by atoms with Gasteiger partial charge >= 0.3 is 0 Å². The Morgan fingerprint density at radius 1 is 1.07 bits per heavy atom.